The average Bonchev–Trinajstić information content (AvgIpc) is 4.00. The van der Waals surface area contributed by atoms with Gasteiger partial charge in [0.25, 0.3) is 0 Å². The van der Waals surface area contributed by atoms with Crippen LogP contribution in [0.1, 0.15) is 23.1 Å². The third kappa shape index (κ3) is 12.5. The van der Waals surface area contributed by atoms with Gasteiger partial charge in [-0.15, -0.1) is 0 Å². The fraction of sp³-hybridized carbons (Fsp3) is 0.343. The predicted molar refractivity (Wildman–Crippen MR) is 346 cm³/mol. The molecule has 75 heavy (non-hydrogen) atoms. The van der Waals surface area contributed by atoms with E-state index in [4.69, 9.17) is 0 Å². The number of allylic oxidation sites excluding steroid dienone is 8. The molecule has 6 aromatic rings. The van der Waals surface area contributed by atoms with Gasteiger partial charge in [0.2, 0.25) is 0 Å². The molecule has 0 atom stereocenters. The Hall–Kier alpha value is -2.51. The monoisotopic (exact) mass is 1340 g/mol. The van der Waals surface area contributed by atoms with E-state index in [-0.39, 0.29) is 4.66 Å². The van der Waals surface area contributed by atoms with Gasteiger partial charge in [-0.05, 0) is 0 Å². The summed E-state index contributed by atoms with van der Waals surface area (Å²) < 4.78 is 14.5. The molecule has 394 valence electrons. The van der Waals surface area contributed by atoms with Gasteiger partial charge in [0.1, 0.15) is 0 Å². The van der Waals surface area contributed by atoms with Gasteiger partial charge in [-0.25, -0.2) is 0 Å². The molecule has 6 aromatic carbocycles. The number of hydrogen-bond donors (Lipinski definition) is 0. The minimum atomic E-state index is -3.53. The summed E-state index contributed by atoms with van der Waals surface area (Å²) in [6, 6.07) is 69.6. The summed E-state index contributed by atoms with van der Waals surface area (Å²) in [6.07, 6.45) is 6.04. The van der Waals surface area contributed by atoms with Crippen LogP contribution >= 0.6 is 0 Å². The molecule has 0 fully saturated rings. The molecule has 0 N–H and O–H groups in total. The summed E-state index contributed by atoms with van der Waals surface area (Å²) in [7, 11) is -9.09. The van der Waals surface area contributed by atoms with Crippen molar-refractivity contribution in [1.82, 2.24) is 0 Å². The van der Waals surface area contributed by atoms with Crippen molar-refractivity contribution in [1.29, 1.82) is 0 Å². The van der Waals surface area contributed by atoms with Gasteiger partial charge in [0.05, 0.1) is 0 Å². The summed E-state index contributed by atoms with van der Waals surface area (Å²) in [6.45, 7) is 41.4. The third-order valence-corrected chi connectivity index (χ3v) is 66.6. The Bertz CT molecular complexity index is 2790. The van der Waals surface area contributed by atoms with Crippen LogP contribution in [0.25, 0.3) is 0 Å². The van der Waals surface area contributed by atoms with Crippen LogP contribution in [-0.4, -0.2) is 53.6 Å². The summed E-state index contributed by atoms with van der Waals surface area (Å²) in [5.41, 5.74) is 4.70. The zero-order valence-corrected chi connectivity index (χ0v) is 62.1. The van der Waals surface area contributed by atoms with Gasteiger partial charge < -0.3 is 0 Å². The zero-order chi connectivity index (χ0) is 54.9. The molecular formula is C67H94GeHfSi5Ti. The van der Waals surface area contributed by atoms with Gasteiger partial charge in [-0.1, -0.05) is 0 Å². The second kappa shape index (κ2) is 23.3. The zero-order valence-electron chi connectivity index (χ0n) is 49.8. The van der Waals surface area contributed by atoms with E-state index in [0.29, 0.717) is 0 Å². The first kappa shape index (κ1) is 60.1. The van der Waals surface area contributed by atoms with Crippen LogP contribution in [0, 0.1) is 0 Å². The van der Waals surface area contributed by atoms with E-state index < -0.39 is 90.2 Å². The first-order valence-electron chi connectivity index (χ1n) is 28.2. The Labute approximate surface area is 473 Å². The fourth-order valence-electron chi connectivity index (χ4n) is 14.5. The van der Waals surface area contributed by atoms with Gasteiger partial charge in [-0.2, -0.15) is 0 Å². The average molecular weight is 1340 g/mol. The Kier molecular flexibility index (Phi) is 18.7. The van der Waals surface area contributed by atoms with Crippen LogP contribution in [0.5, 0.6) is 0 Å². The van der Waals surface area contributed by atoms with Crippen molar-refractivity contribution in [2.45, 2.75) is 141 Å². The van der Waals surface area contributed by atoms with Crippen molar-refractivity contribution in [2.24, 2.45) is 0 Å². The SMILES string of the molecule is C[Si](C)(C)C1=C([Si](C)(C)C)C([Si](C)(C)C)([Si](C)(C)C)[C]([Ti]([CH2]c2ccccc2)([CH2]c2ccccc2)[CH2]c2ccccc2)=C1[Si](C)(C)C.[CH3][Ge]([CH3])([CH3])[C]1=[C]([Hf]([c]2ccccc2)([c]2ccccc2)[c]2ccccc2)CC=C1. The molecule has 0 aromatic heterocycles. The van der Waals surface area contributed by atoms with Crippen LogP contribution in [-0.2, 0) is 50.7 Å². The van der Waals surface area contributed by atoms with Crippen molar-refractivity contribution in [3.8, 4) is 0 Å². The molecule has 0 nitrogen and oxygen atoms in total. The van der Waals surface area contributed by atoms with Gasteiger partial charge in [0.15, 0.2) is 0 Å². The summed E-state index contributed by atoms with van der Waals surface area (Å²) in [5, 5.41) is 6.06. The molecule has 0 spiro atoms. The van der Waals surface area contributed by atoms with Crippen LogP contribution in [0.2, 0.25) is 120 Å². The molecule has 0 unspecified atom stereocenters. The van der Waals surface area contributed by atoms with Crippen molar-refractivity contribution < 1.29 is 36.6 Å². The molecule has 8 heteroatoms. The quantitative estimate of drug-likeness (QED) is 0.0799. The summed E-state index contributed by atoms with van der Waals surface area (Å²) >= 11 is -8.71. The van der Waals surface area contributed by atoms with E-state index in [2.05, 4.69) is 319 Å². The maximum atomic E-state index is 2.81. The molecule has 2 aliphatic carbocycles. The number of benzene rings is 6. The number of rotatable bonds is 17. The molecule has 0 amide bonds. The fourth-order valence-corrected chi connectivity index (χ4v) is 91.7. The van der Waals surface area contributed by atoms with Gasteiger partial charge in [0, 0.05) is 0 Å². The molecule has 2 aliphatic rings. The Morgan fingerprint density at radius 2 is 0.720 bits per heavy atom. The van der Waals surface area contributed by atoms with E-state index >= 15 is 0 Å². The molecule has 0 saturated heterocycles. The van der Waals surface area contributed by atoms with Crippen LogP contribution in [0.4, 0.5) is 0 Å². The molecule has 0 aliphatic heterocycles. The Morgan fingerprint density at radius 1 is 0.413 bits per heavy atom. The van der Waals surface area contributed by atoms with Crippen molar-refractivity contribution in [2.75, 3.05) is 0 Å². The van der Waals surface area contributed by atoms with Crippen LogP contribution in [0.15, 0.2) is 221 Å². The van der Waals surface area contributed by atoms with E-state index in [1.807, 2.05) is 10.4 Å². The summed E-state index contributed by atoms with van der Waals surface area (Å²) in [4.78, 5) is 0. The molecular weight excluding hydrogens is 1240 g/mol. The van der Waals surface area contributed by atoms with E-state index in [1.165, 1.54) is 14.2 Å². The Morgan fingerprint density at radius 3 is 0.987 bits per heavy atom. The minimum absolute atomic E-state index is 0.272. The summed E-state index contributed by atoms with van der Waals surface area (Å²) in [5.74, 6) is 7.64. The standard InChI is InChI=1S/C20H45Si5.C8H13Ge.3C7H7.3C6H5.Hf.Ti/c1-21(2,3)17-16-20(24(10,11)12,25(13,14)15)19(23(7,8)9)18(17)22(4,5)6;1-9(2,3)8-6-4-5-7-8;3*1-7-5-3-2-4-6-7;3*1-2-4-6-5-3-1;;/h1-15H3;4,6H,5H2,1-3H3;3*2-6H,1H2;3*1-5H;;. The second-order valence-corrected chi connectivity index (χ2v) is 85.2. The first-order valence-corrected chi connectivity index (χ1v) is 64.3. The molecule has 0 saturated carbocycles. The molecule has 0 bridgehead atoms. The van der Waals surface area contributed by atoms with Crippen molar-refractivity contribution >= 4 is 63.6 Å². The van der Waals surface area contributed by atoms with Gasteiger partial charge >= 0.3 is 479 Å². The van der Waals surface area contributed by atoms with Gasteiger partial charge in [-0.3, -0.25) is 0 Å². The van der Waals surface area contributed by atoms with Crippen LogP contribution < -0.4 is 9.96 Å². The van der Waals surface area contributed by atoms with Crippen molar-refractivity contribution in [3.05, 3.63) is 238 Å². The molecule has 0 radical (unpaired) electrons. The van der Waals surface area contributed by atoms with Crippen molar-refractivity contribution in [3.63, 3.8) is 0 Å². The van der Waals surface area contributed by atoms with E-state index in [9.17, 15) is 0 Å². The normalized spacial score (nSPS) is 15.9. The Balaban J connectivity index is 0.000000248. The number of hydrogen-bond acceptors (Lipinski definition) is 0. The second-order valence-electron chi connectivity index (χ2n) is 28.4. The molecule has 8 rings (SSSR count). The van der Waals surface area contributed by atoms with E-state index in [1.54, 1.807) is 34.4 Å². The predicted octanol–water partition coefficient (Wildman–Crippen LogP) is 18.1. The first-order chi connectivity index (χ1) is 35.0. The van der Waals surface area contributed by atoms with E-state index in [0.717, 1.165) is 6.42 Å². The third-order valence-electron chi connectivity index (χ3n) is 16.5. The maximum absolute atomic E-state index is 3.53. The molecule has 0 heterocycles. The topological polar surface area (TPSA) is 0 Å². The van der Waals surface area contributed by atoms with Crippen LogP contribution in [0.3, 0.4) is 0 Å².